The predicted octanol–water partition coefficient (Wildman–Crippen LogP) is 2.28. The predicted molar refractivity (Wildman–Crippen MR) is 120 cm³/mol. The van der Waals surface area contributed by atoms with Gasteiger partial charge in [0.15, 0.2) is 5.69 Å². The summed E-state index contributed by atoms with van der Waals surface area (Å²) in [5.41, 5.74) is 1.66. The normalized spacial score (nSPS) is 20.8. The zero-order valence-electron chi connectivity index (χ0n) is 19.0. The highest BCUT2D eigenvalue weighted by molar-refractivity contribution is 6.01. The fourth-order valence-corrected chi connectivity index (χ4v) is 4.41. The molecule has 1 fully saturated rings. The van der Waals surface area contributed by atoms with E-state index < -0.39 is 5.54 Å². The highest BCUT2D eigenvalue weighted by Gasteiger charge is 2.46. The fraction of sp³-hybridized carbons (Fsp3) is 0.500. The third-order valence-electron chi connectivity index (χ3n) is 6.80. The third kappa shape index (κ3) is 4.13. The van der Waals surface area contributed by atoms with Gasteiger partial charge in [-0.05, 0) is 37.3 Å². The molecule has 8 heteroatoms. The van der Waals surface area contributed by atoms with Crippen LogP contribution in [-0.2, 0) is 24.3 Å². The Morgan fingerprint density at radius 2 is 1.81 bits per heavy atom. The summed E-state index contributed by atoms with van der Waals surface area (Å²) >= 11 is 0. The molecule has 1 atom stereocenters. The molecule has 1 aromatic carbocycles. The Morgan fingerprint density at radius 3 is 2.47 bits per heavy atom. The van der Waals surface area contributed by atoms with Crippen molar-refractivity contribution in [1.29, 1.82) is 0 Å². The minimum absolute atomic E-state index is 0.162. The molecule has 0 unspecified atom stereocenters. The van der Waals surface area contributed by atoms with E-state index in [1.807, 2.05) is 24.3 Å². The molecule has 0 spiro atoms. The van der Waals surface area contributed by atoms with Crippen molar-refractivity contribution in [2.75, 3.05) is 7.05 Å². The number of hydrogen-bond donors (Lipinski definition) is 2. The zero-order valence-corrected chi connectivity index (χ0v) is 19.0. The minimum Gasteiger partial charge on any atom is -0.351 e. The van der Waals surface area contributed by atoms with Crippen LogP contribution in [0.1, 0.15) is 71.6 Å². The topological polar surface area (TPSA) is 96.3 Å². The molecule has 2 aromatic rings. The lowest BCUT2D eigenvalue weighted by atomic mass is 9.95. The number of carbonyl (C=O) groups is 3. The molecule has 1 aromatic heterocycles. The van der Waals surface area contributed by atoms with Crippen molar-refractivity contribution in [2.45, 2.75) is 70.6 Å². The Morgan fingerprint density at radius 1 is 1.16 bits per heavy atom. The monoisotopic (exact) mass is 437 g/mol. The summed E-state index contributed by atoms with van der Waals surface area (Å²) in [6.07, 6.45) is 5.13. The maximum absolute atomic E-state index is 13.1. The Labute approximate surface area is 188 Å². The Balaban J connectivity index is 1.46. The van der Waals surface area contributed by atoms with Crippen LogP contribution < -0.4 is 10.6 Å². The van der Waals surface area contributed by atoms with Crippen molar-refractivity contribution in [1.82, 2.24) is 25.3 Å². The molecule has 0 radical (unpaired) electrons. The van der Waals surface area contributed by atoms with Gasteiger partial charge in [0, 0.05) is 25.7 Å². The summed E-state index contributed by atoms with van der Waals surface area (Å²) in [6.45, 7) is 4.42. The van der Waals surface area contributed by atoms with Gasteiger partial charge in [0.25, 0.3) is 11.8 Å². The van der Waals surface area contributed by atoms with Crippen LogP contribution in [0, 0.1) is 0 Å². The summed E-state index contributed by atoms with van der Waals surface area (Å²) < 4.78 is 1.49. The van der Waals surface area contributed by atoms with E-state index in [1.54, 1.807) is 14.0 Å². The van der Waals surface area contributed by atoms with E-state index >= 15 is 0 Å². The van der Waals surface area contributed by atoms with Crippen LogP contribution in [0.15, 0.2) is 30.3 Å². The van der Waals surface area contributed by atoms with Crippen molar-refractivity contribution >= 4 is 17.7 Å². The molecule has 1 saturated carbocycles. The summed E-state index contributed by atoms with van der Waals surface area (Å²) in [6, 6.07) is 9.73. The number of rotatable bonds is 6. The molecule has 170 valence electrons. The number of nitrogens with zero attached hydrogens (tertiary/aromatic N) is 3. The second-order valence-electron chi connectivity index (χ2n) is 9.02. The number of fused-ring (bicyclic) bond motifs is 1. The molecule has 2 aliphatic rings. The molecule has 32 heavy (non-hydrogen) atoms. The highest BCUT2D eigenvalue weighted by Crippen LogP contribution is 2.27. The molecule has 1 aliphatic carbocycles. The SMILES string of the molecule is CCc1ccc(CNC(=O)c2cc3n(n2)C[C@@](C)(C(=O)NC2CCCC2)N(C)C3=O)cc1. The van der Waals surface area contributed by atoms with Gasteiger partial charge < -0.3 is 15.5 Å². The molecular formula is C24H31N5O3. The minimum atomic E-state index is -1.06. The quantitative estimate of drug-likeness (QED) is 0.725. The van der Waals surface area contributed by atoms with Crippen LogP contribution in [-0.4, -0.2) is 51.0 Å². The first-order chi connectivity index (χ1) is 15.3. The smallest absolute Gasteiger partial charge is 0.272 e. The van der Waals surface area contributed by atoms with Gasteiger partial charge in [-0.3, -0.25) is 19.1 Å². The van der Waals surface area contributed by atoms with Gasteiger partial charge in [0.1, 0.15) is 11.2 Å². The number of likely N-dealkylation sites (N-methyl/N-ethyl adjacent to an activating group) is 1. The van der Waals surface area contributed by atoms with Crippen molar-refractivity contribution in [3.8, 4) is 0 Å². The first-order valence-corrected chi connectivity index (χ1v) is 11.3. The molecule has 8 nitrogen and oxygen atoms in total. The molecule has 1 aliphatic heterocycles. The lowest BCUT2D eigenvalue weighted by Gasteiger charge is -2.41. The van der Waals surface area contributed by atoms with Gasteiger partial charge in [-0.1, -0.05) is 44.0 Å². The molecule has 2 heterocycles. The lowest BCUT2D eigenvalue weighted by molar-refractivity contribution is -0.133. The van der Waals surface area contributed by atoms with Crippen molar-refractivity contribution in [2.24, 2.45) is 0 Å². The first-order valence-electron chi connectivity index (χ1n) is 11.3. The lowest BCUT2D eigenvalue weighted by Crippen LogP contribution is -2.63. The van der Waals surface area contributed by atoms with Gasteiger partial charge in [-0.2, -0.15) is 5.10 Å². The average molecular weight is 438 g/mol. The largest absolute Gasteiger partial charge is 0.351 e. The van der Waals surface area contributed by atoms with Gasteiger partial charge in [-0.15, -0.1) is 0 Å². The van der Waals surface area contributed by atoms with E-state index in [2.05, 4.69) is 22.7 Å². The maximum atomic E-state index is 13.1. The second-order valence-corrected chi connectivity index (χ2v) is 9.02. The van der Waals surface area contributed by atoms with Gasteiger partial charge in [0.05, 0.1) is 6.54 Å². The van der Waals surface area contributed by atoms with Crippen LogP contribution >= 0.6 is 0 Å². The number of benzene rings is 1. The van der Waals surface area contributed by atoms with E-state index in [9.17, 15) is 14.4 Å². The maximum Gasteiger partial charge on any atom is 0.272 e. The number of hydrogen-bond acceptors (Lipinski definition) is 4. The molecule has 0 bridgehead atoms. The van der Waals surface area contributed by atoms with E-state index in [0.29, 0.717) is 12.2 Å². The van der Waals surface area contributed by atoms with Crippen LogP contribution in [0.5, 0.6) is 0 Å². The summed E-state index contributed by atoms with van der Waals surface area (Å²) in [4.78, 5) is 40.2. The molecule has 0 saturated heterocycles. The van der Waals surface area contributed by atoms with Gasteiger partial charge >= 0.3 is 0 Å². The Bertz CT molecular complexity index is 1020. The highest BCUT2D eigenvalue weighted by atomic mass is 16.2. The number of aryl methyl sites for hydroxylation is 1. The van der Waals surface area contributed by atoms with Crippen LogP contribution in [0.3, 0.4) is 0 Å². The summed E-state index contributed by atoms with van der Waals surface area (Å²) in [5, 5.41) is 10.3. The third-order valence-corrected chi connectivity index (χ3v) is 6.80. The fourth-order valence-electron chi connectivity index (χ4n) is 4.41. The van der Waals surface area contributed by atoms with Crippen LogP contribution in [0.25, 0.3) is 0 Å². The van der Waals surface area contributed by atoms with Crippen molar-refractivity contribution < 1.29 is 14.4 Å². The van der Waals surface area contributed by atoms with E-state index in [1.165, 1.54) is 21.2 Å². The van der Waals surface area contributed by atoms with Gasteiger partial charge in [0.2, 0.25) is 5.91 Å². The van der Waals surface area contributed by atoms with E-state index in [4.69, 9.17) is 0 Å². The van der Waals surface area contributed by atoms with Crippen LogP contribution in [0.4, 0.5) is 0 Å². The zero-order chi connectivity index (χ0) is 22.9. The van der Waals surface area contributed by atoms with Crippen LogP contribution in [0.2, 0.25) is 0 Å². The molecule has 4 rings (SSSR count). The number of amides is 3. The van der Waals surface area contributed by atoms with E-state index in [0.717, 1.165) is 37.7 Å². The Hall–Kier alpha value is -3.16. The summed E-state index contributed by atoms with van der Waals surface area (Å²) in [7, 11) is 1.63. The van der Waals surface area contributed by atoms with E-state index in [-0.39, 0.29) is 36.0 Å². The molecular weight excluding hydrogens is 406 g/mol. The average Bonchev–Trinajstić information content (AvgIpc) is 3.46. The number of aromatic nitrogens is 2. The Kier molecular flexibility index (Phi) is 6.04. The van der Waals surface area contributed by atoms with Crippen molar-refractivity contribution in [3.05, 3.63) is 52.8 Å². The van der Waals surface area contributed by atoms with Gasteiger partial charge in [-0.25, -0.2) is 0 Å². The number of nitrogens with one attached hydrogen (secondary N) is 2. The first kappa shape index (κ1) is 22.0. The van der Waals surface area contributed by atoms with Crippen molar-refractivity contribution in [3.63, 3.8) is 0 Å². The standard InChI is InChI=1S/C24H31N5O3/c1-4-16-9-11-17(12-10-16)14-25-21(30)19-13-20-22(31)28(3)24(2,15-29(20)27-19)23(32)26-18-7-5-6-8-18/h9-13,18H,4-8,14-15H2,1-3H3,(H,25,30)(H,26,32)/t24-/m0/s1. The second kappa shape index (κ2) is 8.76. The summed E-state index contributed by atoms with van der Waals surface area (Å²) in [5.74, 6) is -0.844. The number of carbonyl (C=O) groups excluding carboxylic acids is 3. The molecule has 2 N–H and O–H groups in total. The molecule has 3 amide bonds.